The van der Waals surface area contributed by atoms with E-state index in [9.17, 15) is 4.79 Å². The van der Waals surface area contributed by atoms with E-state index in [0.717, 1.165) is 17.1 Å². The molecule has 0 atom stereocenters. The van der Waals surface area contributed by atoms with Crippen molar-refractivity contribution in [1.29, 1.82) is 0 Å². The van der Waals surface area contributed by atoms with Crippen molar-refractivity contribution in [2.75, 3.05) is 29.6 Å². The first kappa shape index (κ1) is 17.3. The Morgan fingerprint density at radius 1 is 1.04 bits per heavy atom. The van der Waals surface area contributed by atoms with Crippen molar-refractivity contribution in [3.05, 3.63) is 72.1 Å². The van der Waals surface area contributed by atoms with Gasteiger partial charge in [0.25, 0.3) is 5.91 Å². The molecular weight excluding hydrogens is 328 g/mol. The van der Waals surface area contributed by atoms with Crippen molar-refractivity contribution in [2.45, 2.75) is 6.54 Å². The minimum atomic E-state index is -0.292. The summed E-state index contributed by atoms with van der Waals surface area (Å²) in [6, 6.07) is 16.6. The predicted molar refractivity (Wildman–Crippen MR) is 102 cm³/mol. The lowest BCUT2D eigenvalue weighted by molar-refractivity contribution is 0.102. The minimum Gasteiger partial charge on any atom is -0.365 e. The molecule has 0 unspecified atom stereocenters. The Morgan fingerprint density at radius 2 is 1.85 bits per heavy atom. The molecule has 2 N–H and O–H groups in total. The van der Waals surface area contributed by atoms with Gasteiger partial charge in [0.1, 0.15) is 11.6 Å². The standard InChI is InChI=1S/C19H20N6O/c1-25(2)18-12-14(10-11-20-18)13-21-17-9-8-16(23-24-17)19(26)22-15-6-4-3-5-7-15/h3-12H,13H2,1-2H3,(H,21,24)(H,22,26). The number of aromatic nitrogens is 3. The number of nitrogens with zero attached hydrogens (tertiary/aromatic N) is 4. The average Bonchev–Trinajstić information content (AvgIpc) is 2.68. The van der Waals surface area contributed by atoms with Crippen LogP contribution in [0.5, 0.6) is 0 Å². The monoisotopic (exact) mass is 348 g/mol. The number of anilines is 3. The van der Waals surface area contributed by atoms with Crippen LogP contribution in [0.25, 0.3) is 0 Å². The van der Waals surface area contributed by atoms with Gasteiger partial charge in [-0.1, -0.05) is 18.2 Å². The number of nitrogens with one attached hydrogen (secondary N) is 2. The molecule has 7 nitrogen and oxygen atoms in total. The van der Waals surface area contributed by atoms with Gasteiger partial charge in [0.2, 0.25) is 0 Å². The van der Waals surface area contributed by atoms with Gasteiger partial charge in [-0.05, 0) is 42.0 Å². The van der Waals surface area contributed by atoms with Gasteiger partial charge in [0.05, 0.1) is 0 Å². The van der Waals surface area contributed by atoms with Crippen LogP contribution in [0.4, 0.5) is 17.3 Å². The summed E-state index contributed by atoms with van der Waals surface area (Å²) in [5.74, 6) is 1.20. The number of carbonyl (C=O) groups is 1. The Bertz CT molecular complexity index is 865. The molecule has 1 aromatic carbocycles. The van der Waals surface area contributed by atoms with E-state index < -0.39 is 0 Å². The largest absolute Gasteiger partial charge is 0.365 e. The molecule has 3 aromatic rings. The first-order valence-corrected chi connectivity index (χ1v) is 8.18. The van der Waals surface area contributed by atoms with Crippen LogP contribution < -0.4 is 15.5 Å². The van der Waals surface area contributed by atoms with Crippen LogP contribution in [-0.4, -0.2) is 35.2 Å². The molecule has 0 bridgehead atoms. The topological polar surface area (TPSA) is 83.0 Å². The van der Waals surface area contributed by atoms with Crippen LogP contribution in [-0.2, 0) is 6.54 Å². The summed E-state index contributed by atoms with van der Waals surface area (Å²) < 4.78 is 0. The molecule has 0 spiro atoms. The summed E-state index contributed by atoms with van der Waals surface area (Å²) in [5, 5.41) is 14.0. The first-order chi connectivity index (χ1) is 12.6. The summed E-state index contributed by atoms with van der Waals surface area (Å²) in [5.41, 5.74) is 2.06. The summed E-state index contributed by atoms with van der Waals surface area (Å²) in [7, 11) is 3.90. The Hall–Kier alpha value is -3.48. The summed E-state index contributed by atoms with van der Waals surface area (Å²) in [6.07, 6.45) is 1.77. The summed E-state index contributed by atoms with van der Waals surface area (Å²) >= 11 is 0. The van der Waals surface area contributed by atoms with Crippen LogP contribution in [0.1, 0.15) is 16.1 Å². The van der Waals surface area contributed by atoms with Crippen LogP contribution in [0.15, 0.2) is 60.8 Å². The van der Waals surface area contributed by atoms with Gasteiger partial charge in [0.15, 0.2) is 5.69 Å². The second kappa shape index (κ2) is 8.06. The summed E-state index contributed by atoms with van der Waals surface area (Å²) in [4.78, 5) is 18.4. The van der Waals surface area contributed by atoms with Crippen molar-refractivity contribution in [3.63, 3.8) is 0 Å². The molecule has 7 heteroatoms. The van der Waals surface area contributed by atoms with Gasteiger partial charge in [-0.25, -0.2) is 4.98 Å². The maximum absolute atomic E-state index is 12.2. The van der Waals surface area contributed by atoms with Crippen molar-refractivity contribution in [3.8, 4) is 0 Å². The highest BCUT2D eigenvalue weighted by molar-refractivity contribution is 6.02. The van der Waals surface area contributed by atoms with Crippen molar-refractivity contribution in [1.82, 2.24) is 15.2 Å². The number of para-hydroxylation sites is 1. The molecule has 0 aliphatic rings. The Balaban J connectivity index is 1.59. The zero-order valence-electron chi connectivity index (χ0n) is 14.7. The van der Waals surface area contributed by atoms with Gasteiger partial charge in [-0.3, -0.25) is 4.79 Å². The predicted octanol–water partition coefficient (Wildman–Crippen LogP) is 2.80. The van der Waals surface area contributed by atoms with E-state index in [-0.39, 0.29) is 11.6 Å². The fourth-order valence-electron chi connectivity index (χ4n) is 2.27. The maximum Gasteiger partial charge on any atom is 0.276 e. The molecule has 3 rings (SSSR count). The second-order valence-corrected chi connectivity index (χ2v) is 5.89. The van der Waals surface area contributed by atoms with Crippen LogP contribution in [0.2, 0.25) is 0 Å². The Labute approximate surface area is 152 Å². The molecular formula is C19H20N6O. The third kappa shape index (κ3) is 4.54. The highest BCUT2D eigenvalue weighted by Gasteiger charge is 2.08. The van der Waals surface area contributed by atoms with Crippen LogP contribution in [0.3, 0.4) is 0 Å². The van der Waals surface area contributed by atoms with E-state index in [1.165, 1.54) is 0 Å². The van der Waals surface area contributed by atoms with Gasteiger partial charge >= 0.3 is 0 Å². The molecule has 0 aliphatic heterocycles. The fraction of sp³-hybridized carbons (Fsp3) is 0.158. The van der Waals surface area contributed by atoms with Crippen LogP contribution >= 0.6 is 0 Å². The maximum atomic E-state index is 12.2. The molecule has 2 heterocycles. The lowest BCUT2D eigenvalue weighted by Gasteiger charge is -2.12. The quantitative estimate of drug-likeness (QED) is 0.713. The van der Waals surface area contributed by atoms with E-state index in [0.29, 0.717) is 12.4 Å². The lowest BCUT2D eigenvalue weighted by atomic mass is 10.2. The Kier molecular flexibility index (Phi) is 5.38. The lowest BCUT2D eigenvalue weighted by Crippen LogP contribution is -2.15. The van der Waals surface area contributed by atoms with E-state index in [1.807, 2.05) is 61.5 Å². The smallest absolute Gasteiger partial charge is 0.276 e. The molecule has 0 saturated heterocycles. The zero-order valence-corrected chi connectivity index (χ0v) is 14.7. The molecule has 0 aliphatic carbocycles. The molecule has 0 radical (unpaired) electrons. The van der Waals surface area contributed by atoms with Crippen molar-refractivity contribution in [2.24, 2.45) is 0 Å². The van der Waals surface area contributed by atoms with Gasteiger partial charge in [-0.2, -0.15) is 0 Å². The number of amides is 1. The minimum absolute atomic E-state index is 0.262. The third-order valence-electron chi connectivity index (χ3n) is 3.67. The number of carbonyl (C=O) groups excluding carboxylic acids is 1. The Morgan fingerprint density at radius 3 is 2.54 bits per heavy atom. The van der Waals surface area contributed by atoms with Gasteiger partial charge in [-0.15, -0.1) is 10.2 Å². The normalized spacial score (nSPS) is 10.2. The molecule has 1 amide bonds. The van der Waals surface area contributed by atoms with Crippen molar-refractivity contribution >= 4 is 23.2 Å². The zero-order chi connectivity index (χ0) is 18.4. The molecule has 0 saturated carbocycles. The highest BCUT2D eigenvalue weighted by Crippen LogP contribution is 2.12. The van der Waals surface area contributed by atoms with E-state index in [1.54, 1.807) is 18.3 Å². The number of hydrogen-bond donors (Lipinski definition) is 2. The second-order valence-electron chi connectivity index (χ2n) is 5.89. The van der Waals surface area contributed by atoms with E-state index in [4.69, 9.17) is 0 Å². The number of pyridine rings is 1. The molecule has 26 heavy (non-hydrogen) atoms. The molecule has 132 valence electrons. The SMILES string of the molecule is CN(C)c1cc(CNc2ccc(C(=O)Nc3ccccc3)nn2)ccn1. The van der Waals surface area contributed by atoms with Crippen LogP contribution in [0, 0.1) is 0 Å². The number of rotatable bonds is 6. The van der Waals surface area contributed by atoms with Gasteiger partial charge in [0, 0.05) is 32.5 Å². The van der Waals surface area contributed by atoms with E-state index >= 15 is 0 Å². The molecule has 0 fully saturated rings. The average molecular weight is 348 g/mol. The number of hydrogen-bond acceptors (Lipinski definition) is 6. The molecule has 2 aromatic heterocycles. The van der Waals surface area contributed by atoms with Gasteiger partial charge < -0.3 is 15.5 Å². The third-order valence-corrected chi connectivity index (χ3v) is 3.67. The summed E-state index contributed by atoms with van der Waals surface area (Å²) in [6.45, 7) is 0.591. The highest BCUT2D eigenvalue weighted by atomic mass is 16.1. The van der Waals surface area contributed by atoms with Crippen molar-refractivity contribution < 1.29 is 4.79 Å². The van der Waals surface area contributed by atoms with E-state index in [2.05, 4.69) is 25.8 Å². The fourth-order valence-corrected chi connectivity index (χ4v) is 2.27. The number of benzene rings is 1. The first-order valence-electron chi connectivity index (χ1n) is 8.18.